The number of halogens is 1. The van der Waals surface area contributed by atoms with Crippen LogP contribution in [0.25, 0.3) is 44.8 Å². The molecular weight excluding hydrogens is 495 g/mol. The minimum Gasteiger partial charge on any atom is -0.492 e. The number of imidazole rings is 1. The Kier molecular flexibility index (Phi) is 6.41. The Hall–Kier alpha value is -3.89. The molecule has 0 spiro atoms. The van der Waals surface area contributed by atoms with Crippen molar-refractivity contribution in [1.29, 1.82) is 0 Å². The number of ether oxygens (including phenoxy) is 1. The molecule has 5 aromatic rings. The van der Waals surface area contributed by atoms with Crippen LogP contribution in [-0.4, -0.2) is 74.4 Å². The molecule has 4 aromatic heterocycles. The van der Waals surface area contributed by atoms with Gasteiger partial charge in [-0.1, -0.05) is 0 Å². The number of hydrogen-bond donors (Lipinski definition) is 3. The number of rotatable bonds is 7. The van der Waals surface area contributed by atoms with Gasteiger partial charge in [0, 0.05) is 30.6 Å². The summed E-state index contributed by atoms with van der Waals surface area (Å²) in [6, 6.07) is 8.79. The number of hydrogen-bond acceptors (Lipinski definition) is 7. The molecule has 0 bridgehead atoms. The highest BCUT2D eigenvalue weighted by Crippen LogP contribution is 2.33. The highest BCUT2D eigenvalue weighted by Gasteiger charge is 2.20. The Bertz CT molecular complexity index is 1620. The van der Waals surface area contributed by atoms with Crippen LogP contribution < -0.4 is 10.1 Å². The fraction of sp³-hybridized carbons (Fsp3) is 0.379. The van der Waals surface area contributed by atoms with E-state index in [0.29, 0.717) is 46.5 Å². The van der Waals surface area contributed by atoms with Crippen molar-refractivity contribution in [2.75, 3.05) is 39.3 Å². The number of aromatic amines is 2. The van der Waals surface area contributed by atoms with Crippen LogP contribution in [0.5, 0.6) is 5.75 Å². The number of piperidine rings is 1. The lowest BCUT2D eigenvalue weighted by Crippen LogP contribution is -2.26. The van der Waals surface area contributed by atoms with Crippen LogP contribution in [0.2, 0.25) is 0 Å². The maximum absolute atomic E-state index is 14.7. The Morgan fingerprint density at radius 3 is 2.79 bits per heavy atom. The summed E-state index contributed by atoms with van der Waals surface area (Å²) in [5.74, 6) is 1.26. The van der Waals surface area contributed by atoms with Gasteiger partial charge in [0.05, 0.1) is 16.6 Å². The number of likely N-dealkylation sites (tertiary alicyclic amines) is 1. The van der Waals surface area contributed by atoms with Gasteiger partial charge in [0.25, 0.3) is 0 Å². The predicted molar refractivity (Wildman–Crippen MR) is 148 cm³/mol. The van der Waals surface area contributed by atoms with Gasteiger partial charge in [-0.2, -0.15) is 5.10 Å². The molecule has 0 saturated carbocycles. The summed E-state index contributed by atoms with van der Waals surface area (Å²) in [4.78, 5) is 19.9. The highest BCUT2D eigenvalue weighted by atomic mass is 19.1. The number of H-pyrrole nitrogens is 2. The lowest BCUT2D eigenvalue weighted by molar-refractivity contribution is 0.237. The Labute approximate surface area is 225 Å². The molecule has 9 nitrogen and oxygen atoms in total. The van der Waals surface area contributed by atoms with Crippen molar-refractivity contribution in [3.63, 3.8) is 0 Å². The molecule has 0 amide bonds. The zero-order valence-electron chi connectivity index (χ0n) is 21.7. The molecule has 39 heavy (non-hydrogen) atoms. The van der Waals surface area contributed by atoms with Crippen molar-refractivity contribution >= 4 is 22.1 Å². The van der Waals surface area contributed by atoms with E-state index in [9.17, 15) is 4.39 Å². The van der Waals surface area contributed by atoms with E-state index < -0.39 is 0 Å². The van der Waals surface area contributed by atoms with Gasteiger partial charge in [0.15, 0.2) is 11.5 Å². The maximum Gasteiger partial charge on any atom is 0.181 e. The highest BCUT2D eigenvalue weighted by molar-refractivity contribution is 5.95. The van der Waals surface area contributed by atoms with Crippen molar-refractivity contribution in [2.45, 2.75) is 31.6 Å². The van der Waals surface area contributed by atoms with Crippen LogP contribution in [0, 0.1) is 5.82 Å². The summed E-state index contributed by atoms with van der Waals surface area (Å²) in [7, 11) is 0. The number of nitrogens with zero attached hydrogens (tertiary/aromatic N) is 5. The van der Waals surface area contributed by atoms with E-state index in [1.54, 1.807) is 6.20 Å². The summed E-state index contributed by atoms with van der Waals surface area (Å²) in [6.07, 6.45) is 8.30. The second-order valence-electron chi connectivity index (χ2n) is 10.5. The van der Waals surface area contributed by atoms with Crippen molar-refractivity contribution in [2.24, 2.45) is 0 Å². The molecule has 2 aliphatic rings. The zero-order chi connectivity index (χ0) is 26.2. The third-order valence-electron chi connectivity index (χ3n) is 7.90. The predicted octanol–water partition coefficient (Wildman–Crippen LogP) is 4.64. The second kappa shape index (κ2) is 10.3. The van der Waals surface area contributed by atoms with Gasteiger partial charge in [0.1, 0.15) is 29.4 Å². The van der Waals surface area contributed by atoms with E-state index in [2.05, 4.69) is 41.4 Å². The van der Waals surface area contributed by atoms with Crippen LogP contribution in [0.1, 0.15) is 37.2 Å². The largest absolute Gasteiger partial charge is 0.492 e. The maximum atomic E-state index is 14.7. The summed E-state index contributed by atoms with van der Waals surface area (Å²) < 4.78 is 20.6. The summed E-state index contributed by atoms with van der Waals surface area (Å²) in [5, 5.41) is 11.9. The van der Waals surface area contributed by atoms with Crippen LogP contribution in [0.3, 0.4) is 0 Å². The van der Waals surface area contributed by atoms with E-state index in [1.807, 2.05) is 18.3 Å². The average Bonchev–Trinajstić information content (AvgIpc) is 3.72. The summed E-state index contributed by atoms with van der Waals surface area (Å²) in [5.41, 5.74) is 5.34. The number of pyridine rings is 2. The number of benzene rings is 1. The molecule has 0 unspecified atom stereocenters. The first-order chi connectivity index (χ1) is 19.2. The fourth-order valence-corrected chi connectivity index (χ4v) is 5.82. The lowest BCUT2D eigenvalue weighted by atomic mass is 9.91. The molecule has 3 N–H and O–H groups in total. The third-order valence-corrected chi connectivity index (χ3v) is 7.90. The van der Waals surface area contributed by atoms with Gasteiger partial charge in [-0.05, 0) is 87.6 Å². The molecule has 1 aromatic carbocycles. The van der Waals surface area contributed by atoms with E-state index >= 15 is 0 Å². The quantitative estimate of drug-likeness (QED) is 0.284. The van der Waals surface area contributed by atoms with Crippen LogP contribution in [-0.2, 0) is 0 Å². The number of fused-ring (bicyclic) bond motifs is 2. The first-order valence-corrected chi connectivity index (χ1v) is 13.8. The summed E-state index contributed by atoms with van der Waals surface area (Å²) in [6.45, 7) is 5.61. The molecule has 6 heterocycles. The first kappa shape index (κ1) is 24.2. The van der Waals surface area contributed by atoms with E-state index in [4.69, 9.17) is 9.72 Å². The minimum absolute atomic E-state index is 0.366. The molecule has 10 heteroatoms. The Morgan fingerprint density at radius 1 is 1.05 bits per heavy atom. The molecule has 0 radical (unpaired) electrons. The van der Waals surface area contributed by atoms with Crippen LogP contribution in [0.15, 0.2) is 42.7 Å². The topological polar surface area (TPSA) is 108 Å². The summed E-state index contributed by atoms with van der Waals surface area (Å²) >= 11 is 0. The lowest BCUT2D eigenvalue weighted by Gasteiger charge is -2.22. The van der Waals surface area contributed by atoms with Crippen LogP contribution in [0.4, 0.5) is 4.39 Å². The number of aromatic nitrogens is 6. The zero-order valence-corrected chi connectivity index (χ0v) is 21.7. The first-order valence-electron chi connectivity index (χ1n) is 13.8. The van der Waals surface area contributed by atoms with Crippen molar-refractivity contribution < 1.29 is 9.13 Å². The smallest absolute Gasteiger partial charge is 0.181 e. The average molecular weight is 527 g/mol. The molecule has 2 fully saturated rings. The monoisotopic (exact) mass is 526 g/mol. The second-order valence-corrected chi connectivity index (χ2v) is 10.5. The van der Waals surface area contributed by atoms with E-state index in [1.165, 1.54) is 30.5 Å². The molecule has 2 aliphatic heterocycles. The fourth-order valence-electron chi connectivity index (χ4n) is 5.82. The normalized spacial score (nSPS) is 16.9. The molecule has 0 atom stereocenters. The van der Waals surface area contributed by atoms with Gasteiger partial charge >= 0.3 is 0 Å². The Morgan fingerprint density at radius 2 is 1.92 bits per heavy atom. The molecule has 0 aliphatic carbocycles. The number of nitrogens with one attached hydrogen (secondary N) is 3. The van der Waals surface area contributed by atoms with Crippen LogP contribution >= 0.6 is 0 Å². The molecular formula is C29H31FN8O. The van der Waals surface area contributed by atoms with Gasteiger partial charge in [-0.25, -0.2) is 14.4 Å². The van der Waals surface area contributed by atoms with E-state index in [-0.39, 0.29) is 5.82 Å². The Balaban J connectivity index is 1.20. The van der Waals surface area contributed by atoms with Crippen molar-refractivity contribution in [3.05, 3.63) is 54.1 Å². The minimum atomic E-state index is -0.366. The standard InChI is InChI=1S/C29H31FN8O/c30-21-13-19(14-22(16-21)39-12-11-38-9-1-2-10-38)25-27-24(5-8-32-25)34-29(35-27)26-23-15-20(17-33-28(23)37-36-26)18-3-6-31-7-4-18/h5,8,13-18,31H,1-4,6-7,9-12H2,(H,34,35)(H,33,36,37). The van der Waals surface area contributed by atoms with Gasteiger partial charge in [0.2, 0.25) is 0 Å². The van der Waals surface area contributed by atoms with Crippen molar-refractivity contribution in [1.82, 2.24) is 40.3 Å². The molecule has 2 saturated heterocycles. The van der Waals surface area contributed by atoms with Gasteiger partial charge in [-0.3, -0.25) is 15.0 Å². The van der Waals surface area contributed by atoms with Crippen molar-refractivity contribution in [3.8, 4) is 28.5 Å². The van der Waals surface area contributed by atoms with E-state index in [0.717, 1.165) is 62.2 Å². The SMILES string of the molecule is Fc1cc(OCCN2CCCC2)cc(-c2nccc3[nH]c(-c4[nH]nc5ncc(C6CCNCC6)cc45)nc23)c1. The molecule has 200 valence electrons. The molecule has 7 rings (SSSR count). The van der Waals surface area contributed by atoms with Gasteiger partial charge in [-0.15, -0.1) is 0 Å². The third kappa shape index (κ3) is 4.86. The van der Waals surface area contributed by atoms with Gasteiger partial charge < -0.3 is 15.0 Å².